The van der Waals surface area contributed by atoms with Gasteiger partial charge in [0.05, 0.1) is 5.56 Å². The molecule has 0 saturated heterocycles. The second-order valence-electron chi connectivity index (χ2n) is 7.24. The molecule has 0 amide bonds. The van der Waals surface area contributed by atoms with Crippen LogP contribution in [0.4, 0.5) is 10.1 Å². The van der Waals surface area contributed by atoms with Gasteiger partial charge in [0, 0.05) is 11.1 Å². The fourth-order valence-corrected chi connectivity index (χ4v) is 4.21. The first-order valence-corrected chi connectivity index (χ1v) is 7.52. The Balaban J connectivity index is 1.82. The molecule has 1 aromatic carbocycles. The molecule has 0 radical (unpaired) electrons. The van der Waals surface area contributed by atoms with E-state index in [0.717, 1.165) is 18.9 Å². The SMILES string of the molecule is CC1(C)C2CCC1(C)C(OC(=O)c1cc(F)ccc1N)C2. The Bertz CT molecular complexity index is 598. The maximum atomic E-state index is 13.3. The number of halogens is 1. The second kappa shape index (κ2) is 4.46. The van der Waals surface area contributed by atoms with Crippen molar-refractivity contribution in [2.45, 2.75) is 46.1 Å². The third-order valence-electron chi connectivity index (χ3n) is 6.20. The molecule has 2 saturated carbocycles. The Labute approximate surface area is 124 Å². The number of esters is 1. The Hall–Kier alpha value is -1.58. The summed E-state index contributed by atoms with van der Waals surface area (Å²) >= 11 is 0. The zero-order valence-electron chi connectivity index (χ0n) is 12.8. The number of carbonyl (C=O) groups excluding carboxylic acids is 1. The molecule has 4 heteroatoms. The van der Waals surface area contributed by atoms with Crippen LogP contribution in [0.1, 0.15) is 50.4 Å². The maximum Gasteiger partial charge on any atom is 0.340 e. The molecule has 0 aromatic heterocycles. The van der Waals surface area contributed by atoms with Crippen LogP contribution in [0.15, 0.2) is 18.2 Å². The summed E-state index contributed by atoms with van der Waals surface area (Å²) in [4.78, 5) is 12.3. The third kappa shape index (κ3) is 1.95. The normalized spacial score (nSPS) is 33.1. The predicted molar refractivity (Wildman–Crippen MR) is 79.2 cm³/mol. The Morgan fingerprint density at radius 2 is 2.10 bits per heavy atom. The summed E-state index contributed by atoms with van der Waals surface area (Å²) < 4.78 is 19.0. The molecule has 3 atom stereocenters. The van der Waals surface area contributed by atoms with E-state index in [1.165, 1.54) is 18.6 Å². The molecule has 3 rings (SSSR count). The molecule has 2 aliphatic rings. The van der Waals surface area contributed by atoms with Crippen molar-refractivity contribution in [2.24, 2.45) is 16.7 Å². The number of carbonyl (C=O) groups is 1. The highest BCUT2D eigenvalue weighted by atomic mass is 19.1. The molecule has 2 bridgehead atoms. The number of hydrogen-bond donors (Lipinski definition) is 1. The predicted octanol–water partition coefficient (Wildman–Crippen LogP) is 3.78. The number of rotatable bonds is 2. The molecule has 21 heavy (non-hydrogen) atoms. The summed E-state index contributed by atoms with van der Waals surface area (Å²) in [7, 11) is 0. The lowest BCUT2D eigenvalue weighted by Gasteiger charge is -2.38. The largest absolute Gasteiger partial charge is 0.458 e. The highest BCUT2D eigenvalue weighted by Gasteiger charge is 2.62. The van der Waals surface area contributed by atoms with Crippen molar-refractivity contribution in [2.75, 3.05) is 5.73 Å². The standard InChI is InChI=1S/C17H22FNO2/c1-16(2)10-6-7-17(16,3)14(8-10)21-15(20)12-9-11(18)4-5-13(12)19/h4-5,9-10,14H,6-8,19H2,1-3H3. The van der Waals surface area contributed by atoms with Crippen LogP contribution in [0.3, 0.4) is 0 Å². The monoisotopic (exact) mass is 291 g/mol. The van der Waals surface area contributed by atoms with Crippen LogP contribution >= 0.6 is 0 Å². The molecule has 0 spiro atoms. The van der Waals surface area contributed by atoms with Crippen LogP contribution in [-0.2, 0) is 4.74 Å². The molecule has 2 N–H and O–H groups in total. The minimum Gasteiger partial charge on any atom is -0.458 e. The smallest absolute Gasteiger partial charge is 0.340 e. The molecule has 0 aliphatic heterocycles. The molecule has 0 heterocycles. The van der Waals surface area contributed by atoms with Gasteiger partial charge in [0.25, 0.3) is 0 Å². The van der Waals surface area contributed by atoms with Crippen molar-refractivity contribution < 1.29 is 13.9 Å². The highest BCUT2D eigenvalue weighted by molar-refractivity contribution is 5.95. The summed E-state index contributed by atoms with van der Waals surface area (Å²) in [6, 6.07) is 3.80. The number of anilines is 1. The van der Waals surface area contributed by atoms with Crippen molar-refractivity contribution in [3.8, 4) is 0 Å². The molecular weight excluding hydrogens is 269 g/mol. The van der Waals surface area contributed by atoms with Crippen molar-refractivity contribution in [1.82, 2.24) is 0 Å². The number of nitrogens with two attached hydrogens (primary N) is 1. The van der Waals surface area contributed by atoms with E-state index < -0.39 is 11.8 Å². The van der Waals surface area contributed by atoms with Gasteiger partial charge in [-0.1, -0.05) is 20.8 Å². The summed E-state index contributed by atoms with van der Waals surface area (Å²) in [5.41, 5.74) is 6.31. The number of nitrogen functional groups attached to an aromatic ring is 1. The first-order valence-electron chi connectivity index (χ1n) is 7.52. The summed E-state index contributed by atoms with van der Waals surface area (Å²) in [5.74, 6) is -0.401. The van der Waals surface area contributed by atoms with Gasteiger partial charge in [-0.2, -0.15) is 0 Å². The topological polar surface area (TPSA) is 52.3 Å². The van der Waals surface area contributed by atoms with Gasteiger partial charge in [0.2, 0.25) is 0 Å². The van der Waals surface area contributed by atoms with E-state index in [4.69, 9.17) is 10.5 Å². The van der Waals surface area contributed by atoms with Crippen molar-refractivity contribution in [3.05, 3.63) is 29.6 Å². The fraction of sp³-hybridized carbons (Fsp3) is 0.588. The van der Waals surface area contributed by atoms with Crippen LogP contribution in [0, 0.1) is 22.6 Å². The zero-order chi connectivity index (χ0) is 15.4. The summed E-state index contributed by atoms with van der Waals surface area (Å²) in [6.45, 7) is 6.72. The Kier molecular flexibility index (Phi) is 3.05. The van der Waals surface area contributed by atoms with E-state index in [2.05, 4.69) is 20.8 Å². The first-order chi connectivity index (χ1) is 9.75. The zero-order valence-corrected chi connectivity index (χ0v) is 12.8. The lowest BCUT2D eigenvalue weighted by Crippen LogP contribution is -2.38. The minimum absolute atomic E-state index is 0.00455. The van der Waals surface area contributed by atoms with Crippen LogP contribution in [0.25, 0.3) is 0 Å². The van der Waals surface area contributed by atoms with Gasteiger partial charge in [-0.15, -0.1) is 0 Å². The van der Waals surface area contributed by atoms with Crippen LogP contribution in [-0.4, -0.2) is 12.1 Å². The van der Waals surface area contributed by atoms with Gasteiger partial charge in [-0.3, -0.25) is 0 Å². The number of ether oxygens (including phenoxy) is 1. The van der Waals surface area contributed by atoms with Gasteiger partial charge in [-0.25, -0.2) is 9.18 Å². The average molecular weight is 291 g/mol. The maximum absolute atomic E-state index is 13.3. The number of benzene rings is 1. The average Bonchev–Trinajstić information content (AvgIpc) is 2.74. The van der Waals surface area contributed by atoms with Gasteiger partial charge in [0.15, 0.2) is 0 Å². The lowest BCUT2D eigenvalue weighted by atomic mass is 9.70. The van der Waals surface area contributed by atoms with Gasteiger partial charge >= 0.3 is 5.97 Å². The van der Waals surface area contributed by atoms with E-state index in [0.29, 0.717) is 5.92 Å². The summed E-state index contributed by atoms with van der Waals surface area (Å²) in [5, 5.41) is 0. The molecule has 1 aromatic rings. The molecule has 2 aliphatic carbocycles. The molecular formula is C17H22FNO2. The third-order valence-corrected chi connectivity index (χ3v) is 6.20. The molecule has 114 valence electrons. The number of fused-ring (bicyclic) bond motifs is 2. The van der Waals surface area contributed by atoms with Crippen LogP contribution in [0.5, 0.6) is 0 Å². The van der Waals surface area contributed by atoms with Crippen molar-refractivity contribution in [3.63, 3.8) is 0 Å². The van der Waals surface area contributed by atoms with E-state index in [9.17, 15) is 9.18 Å². The molecule has 2 fully saturated rings. The second-order valence-corrected chi connectivity index (χ2v) is 7.24. The van der Waals surface area contributed by atoms with Gasteiger partial charge < -0.3 is 10.5 Å². The number of hydrogen-bond acceptors (Lipinski definition) is 3. The molecule has 3 unspecified atom stereocenters. The fourth-order valence-electron chi connectivity index (χ4n) is 4.21. The van der Waals surface area contributed by atoms with Crippen molar-refractivity contribution >= 4 is 11.7 Å². The Morgan fingerprint density at radius 3 is 2.67 bits per heavy atom. The first kappa shape index (κ1) is 14.4. The Morgan fingerprint density at radius 1 is 1.38 bits per heavy atom. The van der Waals surface area contributed by atoms with E-state index in [1.807, 2.05) is 0 Å². The van der Waals surface area contributed by atoms with E-state index in [1.54, 1.807) is 0 Å². The summed E-state index contributed by atoms with van der Waals surface area (Å²) in [6.07, 6.45) is 3.05. The van der Waals surface area contributed by atoms with Crippen molar-refractivity contribution in [1.29, 1.82) is 0 Å². The van der Waals surface area contributed by atoms with E-state index in [-0.39, 0.29) is 28.2 Å². The highest BCUT2D eigenvalue weighted by Crippen LogP contribution is 2.66. The minimum atomic E-state index is -0.512. The molecule has 3 nitrogen and oxygen atoms in total. The lowest BCUT2D eigenvalue weighted by molar-refractivity contribution is -0.0241. The van der Waals surface area contributed by atoms with Crippen LogP contribution in [0.2, 0.25) is 0 Å². The van der Waals surface area contributed by atoms with Gasteiger partial charge in [-0.05, 0) is 48.8 Å². The van der Waals surface area contributed by atoms with E-state index >= 15 is 0 Å². The van der Waals surface area contributed by atoms with Gasteiger partial charge in [0.1, 0.15) is 11.9 Å². The quantitative estimate of drug-likeness (QED) is 0.666. The van der Waals surface area contributed by atoms with Crippen LogP contribution < -0.4 is 5.73 Å².